The van der Waals surface area contributed by atoms with Crippen LogP contribution in [0, 0.1) is 0 Å². The molecule has 7 nitrogen and oxygen atoms in total. The van der Waals surface area contributed by atoms with E-state index in [0.29, 0.717) is 30.8 Å². The highest BCUT2D eigenvalue weighted by Crippen LogP contribution is 2.38. The number of rotatable bonds is 9. The average molecular weight is 513 g/mol. The lowest BCUT2D eigenvalue weighted by Crippen LogP contribution is -2.24. The second-order valence-corrected chi connectivity index (χ2v) is 9.57. The van der Waals surface area contributed by atoms with Crippen molar-refractivity contribution in [3.63, 3.8) is 0 Å². The highest BCUT2D eigenvalue weighted by Gasteiger charge is 2.23. The Morgan fingerprint density at radius 2 is 1.86 bits per heavy atom. The minimum absolute atomic E-state index is 0.0733. The molecule has 1 atom stereocenters. The van der Waals surface area contributed by atoms with Crippen LogP contribution >= 0.6 is 0 Å². The Hall–Kier alpha value is -3.72. The van der Waals surface area contributed by atoms with Crippen molar-refractivity contribution in [2.75, 3.05) is 11.5 Å². The van der Waals surface area contributed by atoms with Gasteiger partial charge in [-0.25, -0.2) is 4.79 Å². The molecule has 0 bridgehead atoms. The number of aromatic nitrogens is 1. The van der Waals surface area contributed by atoms with Crippen molar-refractivity contribution in [3.05, 3.63) is 78.1 Å². The van der Waals surface area contributed by atoms with E-state index in [0.717, 1.165) is 17.7 Å². The van der Waals surface area contributed by atoms with E-state index in [1.807, 2.05) is 37.8 Å². The normalized spacial score (nSPS) is 15.5. The molecular weight excluding hydrogens is 482 g/mol. The molecule has 3 aromatic rings. The van der Waals surface area contributed by atoms with Crippen LogP contribution in [0.25, 0.3) is 0 Å². The maximum Gasteiger partial charge on any atom is 0.387 e. The fourth-order valence-electron chi connectivity index (χ4n) is 3.85. The van der Waals surface area contributed by atoms with Gasteiger partial charge in [0.2, 0.25) is 0 Å². The van der Waals surface area contributed by atoms with Crippen LogP contribution in [0.3, 0.4) is 0 Å². The predicted molar refractivity (Wildman–Crippen MR) is 134 cm³/mol. The van der Waals surface area contributed by atoms with Gasteiger partial charge in [-0.1, -0.05) is 6.07 Å². The molecule has 1 fully saturated rings. The van der Waals surface area contributed by atoms with E-state index in [9.17, 15) is 13.6 Å². The summed E-state index contributed by atoms with van der Waals surface area (Å²) in [6.45, 7) is 3.41. The molecule has 0 N–H and O–H groups in total. The van der Waals surface area contributed by atoms with Gasteiger partial charge in [-0.3, -0.25) is 4.98 Å². The average Bonchev–Trinajstić information content (AvgIpc) is 3.36. The topological polar surface area (TPSA) is 70.1 Å². The summed E-state index contributed by atoms with van der Waals surface area (Å²) in [5.74, 6) is -0.333. The molecule has 4 rings (SSSR count). The van der Waals surface area contributed by atoms with Crippen molar-refractivity contribution in [1.82, 2.24) is 4.98 Å². The number of carbonyl (C=O) groups is 1. The monoisotopic (exact) mass is 512 g/mol. The van der Waals surface area contributed by atoms with Crippen LogP contribution in [0.2, 0.25) is 0 Å². The second kappa shape index (κ2) is 11.6. The summed E-state index contributed by atoms with van der Waals surface area (Å²) < 4.78 is 47.7. The van der Waals surface area contributed by atoms with Crippen molar-refractivity contribution in [3.8, 4) is 11.5 Å². The zero-order chi connectivity index (χ0) is 26.4. The minimum Gasteiger partial charge on any atom is -0.461 e. The molecule has 0 amide bonds. The first-order valence-corrected chi connectivity index (χ1v) is 12.0. The number of alkyl halides is 2. The van der Waals surface area contributed by atoms with Gasteiger partial charge < -0.3 is 23.8 Å². The van der Waals surface area contributed by atoms with Gasteiger partial charge in [0.05, 0.1) is 12.2 Å². The van der Waals surface area contributed by atoms with Gasteiger partial charge in [0.1, 0.15) is 5.60 Å². The predicted octanol–water partition coefficient (Wildman–Crippen LogP) is 6.49. The van der Waals surface area contributed by atoms with Crippen LogP contribution in [0.1, 0.15) is 49.5 Å². The van der Waals surface area contributed by atoms with Gasteiger partial charge in [-0.2, -0.15) is 8.78 Å². The number of hydrogen-bond acceptors (Lipinski definition) is 7. The van der Waals surface area contributed by atoms with Gasteiger partial charge in [-0.15, -0.1) is 0 Å². The van der Waals surface area contributed by atoms with Gasteiger partial charge in [0, 0.05) is 42.8 Å². The Labute approximate surface area is 214 Å². The third-order valence-electron chi connectivity index (χ3n) is 5.48. The van der Waals surface area contributed by atoms with Gasteiger partial charge in [-0.05, 0) is 75.2 Å². The Morgan fingerprint density at radius 3 is 2.49 bits per heavy atom. The summed E-state index contributed by atoms with van der Waals surface area (Å²) in [5.41, 5.74) is 2.17. The highest BCUT2D eigenvalue weighted by molar-refractivity contribution is 5.90. The number of halogens is 2. The first-order valence-electron chi connectivity index (χ1n) is 12.0. The molecule has 0 spiro atoms. The quantitative estimate of drug-likeness (QED) is 0.304. The first-order chi connectivity index (χ1) is 17.7. The van der Waals surface area contributed by atoms with Crippen LogP contribution < -0.4 is 14.4 Å². The van der Waals surface area contributed by atoms with Crippen LogP contribution in [-0.4, -0.2) is 36.1 Å². The highest BCUT2D eigenvalue weighted by atomic mass is 19.3. The molecule has 1 aliphatic rings. The molecule has 196 valence electrons. The number of carbonyl (C=O) groups excluding carboxylic acids is 1. The summed E-state index contributed by atoms with van der Waals surface area (Å²) in [5, 5.41) is 0. The largest absolute Gasteiger partial charge is 0.461 e. The second-order valence-electron chi connectivity index (χ2n) is 9.57. The molecule has 0 radical (unpaired) electrons. The summed E-state index contributed by atoms with van der Waals surface area (Å²) in [6, 6.07) is 15.6. The molecule has 0 aliphatic carbocycles. The van der Waals surface area contributed by atoms with Crippen LogP contribution in [0.4, 0.5) is 20.2 Å². The lowest BCUT2D eigenvalue weighted by atomic mass is 10.1. The zero-order valence-corrected chi connectivity index (χ0v) is 21.0. The molecule has 2 aromatic carbocycles. The lowest BCUT2D eigenvalue weighted by Gasteiger charge is -2.27. The van der Waals surface area contributed by atoms with E-state index in [2.05, 4.69) is 4.98 Å². The SMILES string of the molecule is CC(C)(C)OC(=O)c1ccc(N(Cc2cccnc2)c2ccc(OC(F)F)c(OC3CCCO3)c2)cc1. The lowest BCUT2D eigenvalue weighted by molar-refractivity contribution is -0.0632. The summed E-state index contributed by atoms with van der Waals surface area (Å²) in [4.78, 5) is 18.6. The molecule has 1 saturated heterocycles. The van der Waals surface area contributed by atoms with Crippen molar-refractivity contribution in [2.24, 2.45) is 0 Å². The molecule has 0 saturated carbocycles. The third kappa shape index (κ3) is 7.39. The van der Waals surface area contributed by atoms with Gasteiger partial charge in [0.15, 0.2) is 17.8 Å². The van der Waals surface area contributed by atoms with E-state index in [4.69, 9.17) is 18.9 Å². The van der Waals surface area contributed by atoms with Crippen LogP contribution in [0.15, 0.2) is 67.0 Å². The molecular formula is C28H30F2N2O5. The molecule has 1 aromatic heterocycles. The van der Waals surface area contributed by atoms with Crippen LogP contribution in [0.5, 0.6) is 11.5 Å². The number of hydrogen-bond donors (Lipinski definition) is 0. The fourth-order valence-corrected chi connectivity index (χ4v) is 3.85. The van der Waals surface area contributed by atoms with Gasteiger partial charge >= 0.3 is 12.6 Å². The van der Waals surface area contributed by atoms with E-state index in [-0.39, 0.29) is 11.5 Å². The Morgan fingerprint density at radius 1 is 1.11 bits per heavy atom. The first kappa shape index (κ1) is 26.3. The van der Waals surface area contributed by atoms with E-state index in [1.165, 1.54) is 6.07 Å². The molecule has 1 unspecified atom stereocenters. The fraction of sp³-hybridized carbons (Fsp3) is 0.357. The Bertz CT molecular complexity index is 1180. The molecule has 1 aliphatic heterocycles. The zero-order valence-electron chi connectivity index (χ0n) is 21.0. The Balaban J connectivity index is 1.68. The number of nitrogens with zero attached hydrogens (tertiary/aromatic N) is 2. The van der Waals surface area contributed by atoms with E-state index >= 15 is 0 Å². The summed E-state index contributed by atoms with van der Waals surface area (Å²) in [6.07, 6.45) is 4.39. The Kier molecular flexibility index (Phi) is 8.23. The summed E-state index contributed by atoms with van der Waals surface area (Å²) >= 11 is 0. The number of esters is 1. The molecule has 2 heterocycles. The van der Waals surface area contributed by atoms with Crippen molar-refractivity contribution in [2.45, 2.75) is 58.7 Å². The van der Waals surface area contributed by atoms with E-state index in [1.54, 1.807) is 48.8 Å². The number of ether oxygens (including phenoxy) is 4. The number of anilines is 2. The van der Waals surface area contributed by atoms with Gasteiger partial charge in [0.25, 0.3) is 0 Å². The smallest absolute Gasteiger partial charge is 0.387 e. The number of pyridine rings is 1. The van der Waals surface area contributed by atoms with Crippen molar-refractivity contribution in [1.29, 1.82) is 0 Å². The minimum atomic E-state index is -3.00. The van der Waals surface area contributed by atoms with Crippen molar-refractivity contribution < 1.29 is 32.5 Å². The third-order valence-corrected chi connectivity index (χ3v) is 5.48. The molecule has 37 heavy (non-hydrogen) atoms. The number of benzene rings is 2. The van der Waals surface area contributed by atoms with E-state index < -0.39 is 24.5 Å². The summed E-state index contributed by atoms with van der Waals surface area (Å²) in [7, 11) is 0. The standard InChI is InChI=1S/C28H30F2N2O5/c1-28(2,3)37-26(33)20-8-10-21(11-9-20)32(18-19-6-4-14-31-17-19)22-12-13-23(36-27(29)30)24(16-22)35-25-7-5-15-34-25/h4,6,8-14,16-17,25,27H,5,7,15,18H2,1-3H3. The maximum absolute atomic E-state index is 13.1. The molecule has 9 heteroatoms. The van der Waals surface area contributed by atoms with Crippen LogP contribution in [-0.2, 0) is 16.0 Å². The van der Waals surface area contributed by atoms with Crippen molar-refractivity contribution >= 4 is 17.3 Å². The maximum atomic E-state index is 13.1.